The quantitative estimate of drug-likeness (QED) is 0.278. The largest absolute Gasteiger partial charge is 0.421 e. The lowest BCUT2D eigenvalue weighted by atomic mass is 9.95. The minimum Gasteiger partial charge on any atom is -0.421 e. The fraction of sp³-hybridized carbons (Fsp3) is 0.292. The highest BCUT2D eigenvalue weighted by atomic mass is 16.5. The molecule has 5 atom stereocenters. The van der Waals surface area contributed by atoms with Crippen LogP contribution in [-0.2, 0) is 4.74 Å². The third kappa shape index (κ3) is 4.07. The van der Waals surface area contributed by atoms with Crippen LogP contribution >= 0.6 is 0 Å². The fourth-order valence-electron chi connectivity index (χ4n) is 3.91. The smallest absolute Gasteiger partial charge is 0.247 e. The van der Waals surface area contributed by atoms with E-state index in [0.29, 0.717) is 22.9 Å². The molecule has 0 amide bonds. The van der Waals surface area contributed by atoms with Crippen molar-refractivity contribution in [3.63, 3.8) is 0 Å². The van der Waals surface area contributed by atoms with Crippen LogP contribution in [0.3, 0.4) is 0 Å². The molecule has 5 N–H and O–H groups in total. The highest BCUT2D eigenvalue weighted by Crippen LogP contribution is 2.29. The van der Waals surface area contributed by atoms with Gasteiger partial charge in [0.05, 0.1) is 23.9 Å². The molecule has 0 unspecified atom stereocenters. The number of aliphatic hydroxyl groups excluding tert-OH is 4. The first-order valence-electron chi connectivity index (χ1n) is 10.6. The minimum atomic E-state index is -1.48. The summed E-state index contributed by atoms with van der Waals surface area (Å²) in [4.78, 5) is 0. The van der Waals surface area contributed by atoms with Crippen molar-refractivity contribution in [3.05, 3.63) is 54.0 Å². The van der Waals surface area contributed by atoms with Crippen LogP contribution in [-0.4, -0.2) is 77.9 Å². The van der Waals surface area contributed by atoms with E-state index in [1.54, 1.807) is 13.1 Å². The Bertz CT molecular complexity index is 1370. The Morgan fingerprint density at radius 2 is 1.74 bits per heavy atom. The van der Waals surface area contributed by atoms with Crippen molar-refractivity contribution < 1.29 is 29.6 Å². The number of aromatic nitrogens is 4. The second-order valence-electron chi connectivity index (χ2n) is 8.08. The van der Waals surface area contributed by atoms with Crippen LogP contribution in [0.2, 0.25) is 0 Å². The first-order valence-corrected chi connectivity index (χ1v) is 10.6. The molecule has 0 spiro atoms. The van der Waals surface area contributed by atoms with Gasteiger partial charge in [0.2, 0.25) is 11.8 Å². The summed E-state index contributed by atoms with van der Waals surface area (Å²) < 4.78 is 11.0. The Hall–Kier alpha value is -3.59. The number of ether oxygens (including phenoxy) is 1. The molecule has 10 heteroatoms. The van der Waals surface area contributed by atoms with Gasteiger partial charge >= 0.3 is 0 Å². The van der Waals surface area contributed by atoms with E-state index < -0.39 is 37.1 Å². The predicted molar refractivity (Wildman–Crippen MR) is 120 cm³/mol. The van der Waals surface area contributed by atoms with E-state index in [9.17, 15) is 20.4 Å². The van der Waals surface area contributed by atoms with Crippen LogP contribution < -0.4 is 0 Å². The zero-order valence-corrected chi connectivity index (χ0v) is 18.1. The standard InChI is InChI=1S/C24H22N4O6/c1-12-26-28-24(33-12)14-4-2-13(3-5-14)16-8-15(20-17(9-16)10-25-27-20)6-7-18-21(30)23(32)22(31)19(11-29)34-18/h2-5,8-10,18-19,21-23,29-32H,11H2,1H3,(H,25,27)/t18-,19-,21-,22-,23-/m1/s1. The Balaban J connectivity index is 1.48. The van der Waals surface area contributed by atoms with Crippen molar-refractivity contribution in [2.75, 3.05) is 6.61 Å². The SMILES string of the molecule is Cc1nnc(-c2ccc(-c3cc(C#C[C@H]4O[C@H](CO)[C@@H](O)[C@H](O)[C@@H]4O)c4[nH]ncc4c3)cc2)o1. The van der Waals surface area contributed by atoms with Gasteiger partial charge in [-0.25, -0.2) is 0 Å². The number of fused-ring (bicyclic) bond motifs is 1. The number of hydrogen-bond acceptors (Lipinski definition) is 9. The highest BCUT2D eigenvalue weighted by molar-refractivity contribution is 5.89. The number of H-pyrrole nitrogens is 1. The number of rotatable bonds is 3. The molecule has 4 aromatic rings. The van der Waals surface area contributed by atoms with Crippen molar-refractivity contribution in [1.29, 1.82) is 0 Å². The van der Waals surface area contributed by atoms with Crippen LogP contribution in [0, 0.1) is 18.8 Å². The Morgan fingerprint density at radius 3 is 2.44 bits per heavy atom. The lowest BCUT2D eigenvalue weighted by Gasteiger charge is -2.37. The summed E-state index contributed by atoms with van der Waals surface area (Å²) in [6, 6.07) is 11.5. The first-order chi connectivity index (χ1) is 16.4. The number of aryl methyl sites for hydroxylation is 1. The van der Waals surface area contributed by atoms with Crippen LogP contribution in [0.25, 0.3) is 33.5 Å². The van der Waals surface area contributed by atoms with Gasteiger partial charge in [0.15, 0.2) is 0 Å². The van der Waals surface area contributed by atoms with E-state index in [4.69, 9.17) is 9.15 Å². The molecule has 1 aliphatic rings. The first kappa shape index (κ1) is 22.2. The fourth-order valence-corrected chi connectivity index (χ4v) is 3.91. The van der Waals surface area contributed by atoms with Gasteiger partial charge in [-0.15, -0.1) is 10.2 Å². The maximum absolute atomic E-state index is 10.3. The Morgan fingerprint density at radius 1 is 0.971 bits per heavy atom. The van der Waals surface area contributed by atoms with E-state index in [1.807, 2.05) is 36.4 Å². The Labute approximate surface area is 193 Å². The van der Waals surface area contributed by atoms with Crippen LogP contribution in [0.1, 0.15) is 11.5 Å². The summed E-state index contributed by atoms with van der Waals surface area (Å²) in [5, 5.41) is 55.4. The molecule has 5 rings (SSSR count). The summed E-state index contributed by atoms with van der Waals surface area (Å²) in [5.41, 5.74) is 3.94. The molecule has 3 heterocycles. The van der Waals surface area contributed by atoms with Crippen LogP contribution in [0.15, 0.2) is 47.0 Å². The summed E-state index contributed by atoms with van der Waals surface area (Å²) in [7, 11) is 0. The monoisotopic (exact) mass is 462 g/mol. The third-order valence-corrected chi connectivity index (χ3v) is 5.78. The van der Waals surface area contributed by atoms with Crippen molar-refractivity contribution >= 4 is 10.9 Å². The van der Waals surface area contributed by atoms with Crippen molar-refractivity contribution in [2.45, 2.75) is 37.4 Å². The molecule has 1 saturated heterocycles. The van der Waals surface area contributed by atoms with Gasteiger partial charge in [0.1, 0.15) is 30.5 Å². The molecular formula is C24H22N4O6. The zero-order chi connectivity index (χ0) is 23.8. The van der Waals surface area contributed by atoms with Gasteiger partial charge < -0.3 is 29.6 Å². The number of benzene rings is 2. The summed E-state index contributed by atoms with van der Waals surface area (Å²) in [5.74, 6) is 6.74. The molecule has 1 fully saturated rings. The minimum absolute atomic E-state index is 0.445. The number of aromatic amines is 1. The second-order valence-corrected chi connectivity index (χ2v) is 8.08. The number of nitrogens with zero attached hydrogens (tertiary/aromatic N) is 3. The number of aliphatic hydroxyl groups is 4. The van der Waals surface area contributed by atoms with Crippen molar-refractivity contribution in [3.8, 4) is 34.4 Å². The molecule has 1 aliphatic heterocycles. The molecule has 174 valence electrons. The molecule has 0 aliphatic carbocycles. The lowest BCUT2D eigenvalue weighted by molar-refractivity contribution is -0.214. The predicted octanol–water partition coefficient (Wildman–Crippen LogP) is 0.782. The molecule has 2 aromatic carbocycles. The zero-order valence-electron chi connectivity index (χ0n) is 18.1. The van der Waals surface area contributed by atoms with Gasteiger partial charge in [-0.2, -0.15) is 5.10 Å². The average Bonchev–Trinajstić information content (AvgIpc) is 3.51. The molecule has 34 heavy (non-hydrogen) atoms. The van der Waals surface area contributed by atoms with Gasteiger partial charge in [-0.3, -0.25) is 5.10 Å². The van der Waals surface area contributed by atoms with E-state index in [-0.39, 0.29) is 0 Å². The molecule has 0 radical (unpaired) electrons. The molecule has 2 aromatic heterocycles. The van der Waals surface area contributed by atoms with E-state index in [0.717, 1.165) is 22.1 Å². The van der Waals surface area contributed by atoms with Gasteiger partial charge in [-0.1, -0.05) is 24.0 Å². The normalized spacial score (nSPS) is 24.7. The Kier molecular flexibility index (Phi) is 5.87. The average molecular weight is 462 g/mol. The van der Waals surface area contributed by atoms with Crippen molar-refractivity contribution in [2.24, 2.45) is 0 Å². The summed E-state index contributed by atoms with van der Waals surface area (Å²) in [6.07, 6.45) is -4.75. The maximum Gasteiger partial charge on any atom is 0.247 e. The molecular weight excluding hydrogens is 440 g/mol. The van der Waals surface area contributed by atoms with Crippen molar-refractivity contribution in [1.82, 2.24) is 20.4 Å². The van der Waals surface area contributed by atoms with Crippen LogP contribution in [0.4, 0.5) is 0 Å². The maximum atomic E-state index is 10.3. The second kappa shape index (κ2) is 8.98. The molecule has 0 saturated carbocycles. The summed E-state index contributed by atoms with van der Waals surface area (Å²) >= 11 is 0. The third-order valence-electron chi connectivity index (χ3n) is 5.78. The highest BCUT2D eigenvalue weighted by Gasteiger charge is 2.42. The van der Waals surface area contributed by atoms with Gasteiger partial charge in [-0.05, 0) is 35.4 Å². The van der Waals surface area contributed by atoms with E-state index >= 15 is 0 Å². The van der Waals surface area contributed by atoms with E-state index in [1.165, 1.54) is 0 Å². The molecule has 0 bridgehead atoms. The summed E-state index contributed by atoms with van der Waals surface area (Å²) in [6.45, 7) is 1.22. The van der Waals surface area contributed by atoms with Crippen LogP contribution in [0.5, 0.6) is 0 Å². The number of hydrogen-bond donors (Lipinski definition) is 5. The van der Waals surface area contributed by atoms with Gasteiger partial charge in [0.25, 0.3) is 0 Å². The number of nitrogens with one attached hydrogen (secondary N) is 1. The van der Waals surface area contributed by atoms with Gasteiger partial charge in [0, 0.05) is 17.9 Å². The van der Waals surface area contributed by atoms with E-state index in [2.05, 4.69) is 32.2 Å². The lowest BCUT2D eigenvalue weighted by Crippen LogP contribution is -2.58. The topological polar surface area (TPSA) is 158 Å². The molecule has 10 nitrogen and oxygen atoms in total.